The van der Waals surface area contributed by atoms with Crippen molar-refractivity contribution in [2.75, 3.05) is 6.54 Å². The lowest BCUT2D eigenvalue weighted by Crippen LogP contribution is -2.42. The number of carbonyl (C=O) groups is 2. The van der Waals surface area contributed by atoms with E-state index < -0.39 is 0 Å². The molecule has 2 aliphatic heterocycles. The SMILES string of the molecule is CC(C)C[C@H]1C=CC(=O)N1C1=CC(=O)CCN1. The fourth-order valence-corrected chi connectivity index (χ4v) is 2.23. The van der Waals surface area contributed by atoms with Gasteiger partial charge in [-0.05, 0) is 12.3 Å². The number of allylic oxidation sites excluding steroid dienone is 1. The minimum absolute atomic E-state index is 0.0379. The van der Waals surface area contributed by atoms with E-state index in [1.807, 2.05) is 6.08 Å². The van der Waals surface area contributed by atoms with Crippen molar-refractivity contribution < 1.29 is 9.59 Å². The molecule has 2 heterocycles. The maximum absolute atomic E-state index is 11.8. The summed E-state index contributed by atoms with van der Waals surface area (Å²) in [6.45, 7) is 4.87. The number of amides is 1. The molecule has 0 saturated heterocycles. The van der Waals surface area contributed by atoms with Crippen molar-refractivity contribution in [3.8, 4) is 0 Å². The van der Waals surface area contributed by atoms with E-state index in [0.717, 1.165) is 6.42 Å². The summed E-state index contributed by atoms with van der Waals surface area (Å²) in [6.07, 6.45) is 6.48. The minimum Gasteiger partial charge on any atom is -0.371 e. The zero-order chi connectivity index (χ0) is 12.4. The topological polar surface area (TPSA) is 49.4 Å². The number of nitrogens with one attached hydrogen (secondary N) is 1. The predicted octanol–water partition coefficient (Wildman–Crippen LogP) is 1.20. The summed E-state index contributed by atoms with van der Waals surface area (Å²) in [5, 5.41) is 3.13. The number of hydrogen-bond acceptors (Lipinski definition) is 3. The van der Waals surface area contributed by atoms with E-state index in [9.17, 15) is 9.59 Å². The smallest absolute Gasteiger partial charge is 0.252 e. The molecular formula is C13H18N2O2. The van der Waals surface area contributed by atoms with Crippen molar-refractivity contribution in [1.29, 1.82) is 0 Å². The Hall–Kier alpha value is -1.58. The van der Waals surface area contributed by atoms with Crippen LogP contribution in [-0.2, 0) is 9.59 Å². The van der Waals surface area contributed by atoms with Gasteiger partial charge in [-0.2, -0.15) is 0 Å². The molecule has 4 nitrogen and oxygen atoms in total. The Morgan fingerprint density at radius 2 is 2.24 bits per heavy atom. The van der Waals surface area contributed by atoms with E-state index in [4.69, 9.17) is 0 Å². The lowest BCUT2D eigenvalue weighted by atomic mass is 10.0. The van der Waals surface area contributed by atoms with Gasteiger partial charge in [0.2, 0.25) is 0 Å². The molecule has 1 atom stereocenters. The molecule has 0 spiro atoms. The fraction of sp³-hybridized carbons (Fsp3) is 0.538. The summed E-state index contributed by atoms with van der Waals surface area (Å²) in [7, 11) is 0. The third kappa shape index (κ3) is 2.57. The third-order valence-corrected chi connectivity index (χ3v) is 2.98. The second-order valence-electron chi connectivity index (χ2n) is 4.94. The maximum atomic E-state index is 11.8. The first-order valence-corrected chi connectivity index (χ1v) is 6.07. The zero-order valence-electron chi connectivity index (χ0n) is 10.3. The van der Waals surface area contributed by atoms with Crippen molar-refractivity contribution in [3.63, 3.8) is 0 Å². The molecule has 0 aromatic heterocycles. The van der Waals surface area contributed by atoms with Crippen molar-refractivity contribution in [2.24, 2.45) is 5.92 Å². The Morgan fingerprint density at radius 3 is 2.88 bits per heavy atom. The van der Waals surface area contributed by atoms with Crippen LogP contribution in [0.2, 0.25) is 0 Å². The van der Waals surface area contributed by atoms with Gasteiger partial charge in [0.05, 0.1) is 6.04 Å². The molecule has 0 aromatic carbocycles. The predicted molar refractivity (Wildman–Crippen MR) is 64.9 cm³/mol. The van der Waals surface area contributed by atoms with Gasteiger partial charge in [0.25, 0.3) is 5.91 Å². The first-order valence-electron chi connectivity index (χ1n) is 6.07. The Bertz CT molecular complexity index is 396. The number of rotatable bonds is 3. The van der Waals surface area contributed by atoms with Gasteiger partial charge >= 0.3 is 0 Å². The van der Waals surface area contributed by atoms with Crippen LogP contribution in [0.4, 0.5) is 0 Å². The molecule has 0 unspecified atom stereocenters. The Morgan fingerprint density at radius 1 is 1.47 bits per heavy atom. The van der Waals surface area contributed by atoms with Crippen LogP contribution >= 0.6 is 0 Å². The quantitative estimate of drug-likeness (QED) is 0.798. The molecule has 1 amide bonds. The van der Waals surface area contributed by atoms with Gasteiger partial charge in [0, 0.05) is 25.1 Å². The molecule has 0 aliphatic carbocycles. The van der Waals surface area contributed by atoms with Crippen LogP contribution in [0.25, 0.3) is 0 Å². The van der Waals surface area contributed by atoms with Gasteiger partial charge in [0.15, 0.2) is 5.78 Å². The van der Waals surface area contributed by atoms with Gasteiger partial charge in [-0.3, -0.25) is 14.5 Å². The highest BCUT2D eigenvalue weighted by molar-refractivity contribution is 5.95. The normalized spacial score (nSPS) is 24.3. The molecule has 0 fully saturated rings. The molecule has 2 aliphatic rings. The zero-order valence-corrected chi connectivity index (χ0v) is 10.3. The summed E-state index contributed by atoms with van der Waals surface area (Å²) < 4.78 is 0. The lowest BCUT2D eigenvalue weighted by Gasteiger charge is -2.30. The molecule has 0 aromatic rings. The Kier molecular flexibility index (Phi) is 3.31. The summed E-state index contributed by atoms with van der Waals surface area (Å²) in [4.78, 5) is 24.9. The third-order valence-electron chi connectivity index (χ3n) is 2.98. The average Bonchev–Trinajstić information content (AvgIpc) is 2.59. The van der Waals surface area contributed by atoms with Gasteiger partial charge in [-0.25, -0.2) is 0 Å². The average molecular weight is 234 g/mol. The number of nitrogens with zero attached hydrogens (tertiary/aromatic N) is 1. The highest BCUT2D eigenvalue weighted by Crippen LogP contribution is 2.23. The summed E-state index contributed by atoms with van der Waals surface area (Å²) in [5.74, 6) is 1.21. The first-order chi connectivity index (χ1) is 8.08. The minimum atomic E-state index is -0.0379. The largest absolute Gasteiger partial charge is 0.371 e. The number of carbonyl (C=O) groups excluding carboxylic acids is 2. The summed E-state index contributed by atoms with van der Waals surface area (Å²) in [6, 6.07) is 0.0761. The van der Waals surface area contributed by atoms with Crippen LogP contribution in [0.15, 0.2) is 24.0 Å². The standard InChI is InChI=1S/C13H18N2O2/c1-9(2)7-10-3-4-13(17)15(10)12-8-11(16)5-6-14-12/h3-4,8-10,14H,5-7H2,1-2H3/t10-/m1/s1. The molecule has 92 valence electrons. The van der Waals surface area contributed by atoms with E-state index in [-0.39, 0.29) is 17.7 Å². The van der Waals surface area contributed by atoms with Crippen LogP contribution in [-0.4, -0.2) is 29.2 Å². The highest BCUT2D eigenvalue weighted by atomic mass is 16.2. The Balaban J connectivity index is 2.17. The molecule has 2 rings (SSSR count). The van der Waals surface area contributed by atoms with Crippen molar-refractivity contribution in [1.82, 2.24) is 10.2 Å². The van der Waals surface area contributed by atoms with E-state index in [1.165, 1.54) is 0 Å². The van der Waals surface area contributed by atoms with Crippen molar-refractivity contribution in [2.45, 2.75) is 32.7 Å². The van der Waals surface area contributed by atoms with Crippen LogP contribution < -0.4 is 5.32 Å². The van der Waals surface area contributed by atoms with Gasteiger partial charge in [-0.1, -0.05) is 19.9 Å². The van der Waals surface area contributed by atoms with E-state index >= 15 is 0 Å². The van der Waals surface area contributed by atoms with Gasteiger partial charge in [-0.15, -0.1) is 0 Å². The molecule has 0 bridgehead atoms. The van der Waals surface area contributed by atoms with Crippen LogP contribution in [0.5, 0.6) is 0 Å². The van der Waals surface area contributed by atoms with Crippen LogP contribution in [0, 0.1) is 5.92 Å². The van der Waals surface area contributed by atoms with Crippen LogP contribution in [0.1, 0.15) is 26.7 Å². The van der Waals surface area contributed by atoms with E-state index in [1.54, 1.807) is 17.1 Å². The van der Waals surface area contributed by atoms with Crippen LogP contribution in [0.3, 0.4) is 0 Å². The molecule has 0 saturated carbocycles. The molecular weight excluding hydrogens is 216 g/mol. The summed E-state index contributed by atoms with van der Waals surface area (Å²) in [5.41, 5.74) is 0. The fourth-order valence-electron chi connectivity index (χ4n) is 2.23. The second-order valence-corrected chi connectivity index (χ2v) is 4.94. The van der Waals surface area contributed by atoms with Crippen molar-refractivity contribution in [3.05, 3.63) is 24.0 Å². The van der Waals surface area contributed by atoms with E-state index in [2.05, 4.69) is 19.2 Å². The number of hydrogen-bond donors (Lipinski definition) is 1. The molecule has 0 radical (unpaired) electrons. The second kappa shape index (κ2) is 4.73. The first kappa shape index (κ1) is 11.9. The Labute approximate surface area is 101 Å². The maximum Gasteiger partial charge on any atom is 0.252 e. The van der Waals surface area contributed by atoms with E-state index in [0.29, 0.717) is 24.7 Å². The molecule has 4 heteroatoms. The number of ketones is 1. The lowest BCUT2D eigenvalue weighted by molar-refractivity contribution is -0.124. The summed E-state index contributed by atoms with van der Waals surface area (Å²) >= 11 is 0. The molecule has 1 N–H and O–H groups in total. The van der Waals surface area contributed by atoms with Crippen molar-refractivity contribution >= 4 is 11.7 Å². The molecule has 17 heavy (non-hydrogen) atoms. The van der Waals surface area contributed by atoms with Gasteiger partial charge in [0.1, 0.15) is 5.82 Å². The monoisotopic (exact) mass is 234 g/mol. The van der Waals surface area contributed by atoms with Gasteiger partial charge < -0.3 is 5.32 Å². The highest BCUT2D eigenvalue weighted by Gasteiger charge is 2.30.